The summed E-state index contributed by atoms with van der Waals surface area (Å²) in [5.74, 6) is -0.315. The SMILES string of the molecule is CC([C]=O)CO. The van der Waals surface area contributed by atoms with Crippen LogP contribution in [-0.4, -0.2) is 18.0 Å². The standard InChI is InChI=1S/C4H7O2/c1-4(2-5)3-6/h4-5H,2H2,1H3. The Bertz CT molecular complexity index is 42.8. The van der Waals surface area contributed by atoms with Crippen LogP contribution in [0, 0.1) is 5.92 Å². The van der Waals surface area contributed by atoms with Gasteiger partial charge in [-0.3, -0.25) is 4.79 Å². The Morgan fingerprint density at radius 3 is 2.50 bits per heavy atom. The summed E-state index contributed by atoms with van der Waals surface area (Å²) in [6.45, 7) is 1.51. The molecule has 0 aliphatic carbocycles. The lowest BCUT2D eigenvalue weighted by atomic mass is 10.2. The fraction of sp³-hybridized carbons (Fsp3) is 0.750. The van der Waals surface area contributed by atoms with Gasteiger partial charge in [-0.05, 0) is 0 Å². The molecule has 1 N–H and O–H groups in total. The first-order valence-corrected chi connectivity index (χ1v) is 1.79. The third-order valence-electron chi connectivity index (χ3n) is 0.475. The fourth-order valence-electron chi connectivity index (χ4n) is 0.0373. The van der Waals surface area contributed by atoms with Gasteiger partial charge in [0.15, 0.2) is 0 Å². The normalized spacial score (nSPS) is 13.7. The van der Waals surface area contributed by atoms with Crippen molar-refractivity contribution in [2.45, 2.75) is 6.92 Å². The van der Waals surface area contributed by atoms with E-state index in [0.29, 0.717) is 0 Å². The molecule has 2 nitrogen and oxygen atoms in total. The van der Waals surface area contributed by atoms with Gasteiger partial charge in [0.2, 0.25) is 6.29 Å². The molecule has 0 aromatic heterocycles. The number of aliphatic hydroxyl groups excluding tert-OH is 1. The highest BCUT2D eigenvalue weighted by atomic mass is 16.3. The van der Waals surface area contributed by atoms with Gasteiger partial charge in [-0.15, -0.1) is 0 Å². The molecule has 0 bridgehead atoms. The topological polar surface area (TPSA) is 37.3 Å². The number of carbonyl (C=O) groups excluding carboxylic acids is 1. The van der Waals surface area contributed by atoms with Gasteiger partial charge in [0.1, 0.15) is 0 Å². The Balaban J connectivity index is 2.96. The molecule has 0 heterocycles. The molecule has 0 saturated carbocycles. The highest BCUT2D eigenvalue weighted by Crippen LogP contribution is 1.81. The highest BCUT2D eigenvalue weighted by molar-refractivity contribution is 5.53. The van der Waals surface area contributed by atoms with Crippen molar-refractivity contribution in [2.24, 2.45) is 5.92 Å². The lowest BCUT2D eigenvalue weighted by Gasteiger charge is -1.87. The number of hydrogen-bond acceptors (Lipinski definition) is 2. The van der Waals surface area contributed by atoms with Gasteiger partial charge in [-0.25, -0.2) is 0 Å². The smallest absolute Gasteiger partial charge is 0.203 e. The van der Waals surface area contributed by atoms with E-state index in [1.54, 1.807) is 13.2 Å². The molecule has 0 amide bonds. The summed E-state index contributed by atoms with van der Waals surface area (Å²) in [4.78, 5) is 9.45. The summed E-state index contributed by atoms with van der Waals surface area (Å²) >= 11 is 0. The minimum atomic E-state index is -0.315. The summed E-state index contributed by atoms with van der Waals surface area (Å²) in [5.41, 5.74) is 0. The van der Waals surface area contributed by atoms with Gasteiger partial charge in [-0.2, -0.15) is 0 Å². The lowest BCUT2D eigenvalue weighted by Crippen LogP contribution is -1.99. The van der Waals surface area contributed by atoms with Crippen LogP contribution in [-0.2, 0) is 4.79 Å². The molecule has 0 spiro atoms. The second-order valence-corrected chi connectivity index (χ2v) is 1.20. The second-order valence-electron chi connectivity index (χ2n) is 1.20. The Kier molecular flexibility index (Phi) is 2.67. The van der Waals surface area contributed by atoms with Crippen molar-refractivity contribution in [3.63, 3.8) is 0 Å². The molecule has 0 aromatic carbocycles. The molecular weight excluding hydrogens is 80.0 g/mol. The monoisotopic (exact) mass is 87.0 g/mol. The van der Waals surface area contributed by atoms with Gasteiger partial charge in [0, 0.05) is 5.92 Å². The number of rotatable bonds is 2. The predicted octanol–water partition coefficient (Wildman–Crippen LogP) is -0.276. The highest BCUT2D eigenvalue weighted by Gasteiger charge is 1.92. The zero-order valence-corrected chi connectivity index (χ0v) is 3.64. The van der Waals surface area contributed by atoms with Crippen LogP contribution in [0.4, 0.5) is 0 Å². The van der Waals surface area contributed by atoms with E-state index in [1.807, 2.05) is 0 Å². The summed E-state index contributed by atoms with van der Waals surface area (Å²) < 4.78 is 0. The predicted molar refractivity (Wildman–Crippen MR) is 21.9 cm³/mol. The van der Waals surface area contributed by atoms with E-state index in [1.165, 1.54) is 0 Å². The van der Waals surface area contributed by atoms with Crippen LogP contribution in [0.3, 0.4) is 0 Å². The molecule has 1 atom stereocenters. The van der Waals surface area contributed by atoms with Crippen molar-refractivity contribution in [1.29, 1.82) is 0 Å². The molecule has 2 heteroatoms. The van der Waals surface area contributed by atoms with E-state index in [2.05, 4.69) is 0 Å². The molecule has 35 valence electrons. The van der Waals surface area contributed by atoms with E-state index in [0.717, 1.165) is 0 Å². The summed E-state index contributed by atoms with van der Waals surface area (Å²) in [6.07, 6.45) is 1.61. The molecule has 6 heavy (non-hydrogen) atoms. The van der Waals surface area contributed by atoms with Gasteiger partial charge in [0.05, 0.1) is 6.61 Å². The summed E-state index contributed by atoms with van der Waals surface area (Å²) in [6, 6.07) is 0. The van der Waals surface area contributed by atoms with Crippen molar-refractivity contribution < 1.29 is 9.90 Å². The molecule has 1 radical (unpaired) electrons. The molecule has 0 aliphatic heterocycles. The first-order chi connectivity index (χ1) is 2.81. The van der Waals surface area contributed by atoms with Crippen LogP contribution < -0.4 is 0 Å². The molecule has 0 aromatic rings. The minimum Gasteiger partial charge on any atom is -0.396 e. The van der Waals surface area contributed by atoms with Gasteiger partial charge in [0.25, 0.3) is 0 Å². The Morgan fingerprint density at radius 2 is 2.50 bits per heavy atom. The summed E-state index contributed by atoms with van der Waals surface area (Å²) in [5, 5.41) is 8.07. The van der Waals surface area contributed by atoms with Crippen LogP contribution in [0.25, 0.3) is 0 Å². The fourth-order valence-corrected chi connectivity index (χ4v) is 0.0373. The van der Waals surface area contributed by atoms with E-state index in [-0.39, 0.29) is 12.5 Å². The number of hydrogen-bond donors (Lipinski definition) is 1. The van der Waals surface area contributed by atoms with E-state index < -0.39 is 0 Å². The Labute approximate surface area is 36.8 Å². The van der Waals surface area contributed by atoms with E-state index in [9.17, 15) is 4.79 Å². The maximum absolute atomic E-state index is 9.45. The Hall–Kier alpha value is -0.370. The molecular formula is C4H7O2. The van der Waals surface area contributed by atoms with Crippen molar-refractivity contribution in [3.05, 3.63) is 0 Å². The molecule has 1 unspecified atom stereocenters. The molecule has 0 fully saturated rings. The van der Waals surface area contributed by atoms with Crippen molar-refractivity contribution in [1.82, 2.24) is 0 Å². The quantitative estimate of drug-likeness (QED) is 0.503. The van der Waals surface area contributed by atoms with Crippen molar-refractivity contribution in [2.75, 3.05) is 6.61 Å². The van der Waals surface area contributed by atoms with Crippen LogP contribution in [0.1, 0.15) is 6.92 Å². The largest absolute Gasteiger partial charge is 0.396 e. The average molecular weight is 87.1 g/mol. The average Bonchev–Trinajstić information content (AvgIpc) is 1.65. The summed E-state index contributed by atoms with van der Waals surface area (Å²) in [7, 11) is 0. The maximum atomic E-state index is 9.45. The third kappa shape index (κ3) is 1.91. The zero-order valence-electron chi connectivity index (χ0n) is 3.64. The van der Waals surface area contributed by atoms with Crippen LogP contribution in [0.2, 0.25) is 0 Å². The first kappa shape index (κ1) is 5.63. The van der Waals surface area contributed by atoms with Crippen molar-refractivity contribution in [3.8, 4) is 0 Å². The maximum Gasteiger partial charge on any atom is 0.203 e. The van der Waals surface area contributed by atoms with Gasteiger partial charge >= 0.3 is 0 Å². The molecule has 0 saturated heterocycles. The third-order valence-corrected chi connectivity index (χ3v) is 0.475. The van der Waals surface area contributed by atoms with Gasteiger partial charge in [-0.1, -0.05) is 6.92 Å². The lowest BCUT2D eigenvalue weighted by molar-refractivity contribution is 0.266. The molecule has 0 rings (SSSR count). The Morgan fingerprint density at radius 1 is 2.00 bits per heavy atom. The molecule has 0 aliphatic rings. The van der Waals surface area contributed by atoms with Crippen molar-refractivity contribution >= 4 is 6.29 Å². The first-order valence-electron chi connectivity index (χ1n) is 1.79. The van der Waals surface area contributed by atoms with E-state index in [4.69, 9.17) is 5.11 Å². The van der Waals surface area contributed by atoms with Crippen LogP contribution in [0.15, 0.2) is 0 Å². The second kappa shape index (κ2) is 2.85. The number of aliphatic hydroxyl groups is 1. The van der Waals surface area contributed by atoms with E-state index >= 15 is 0 Å². The minimum absolute atomic E-state index is 0.0938. The zero-order chi connectivity index (χ0) is 4.99. The van der Waals surface area contributed by atoms with Crippen LogP contribution >= 0.6 is 0 Å². The van der Waals surface area contributed by atoms with Crippen LogP contribution in [0.5, 0.6) is 0 Å². The van der Waals surface area contributed by atoms with Gasteiger partial charge < -0.3 is 5.11 Å².